The fourth-order valence-corrected chi connectivity index (χ4v) is 3.92. The Balaban J connectivity index is 1.95. The van der Waals surface area contributed by atoms with E-state index in [4.69, 9.17) is 9.84 Å². The first kappa shape index (κ1) is 22.4. The van der Waals surface area contributed by atoms with E-state index < -0.39 is 27.4 Å². The van der Waals surface area contributed by atoms with Gasteiger partial charge in [-0.3, -0.25) is 4.79 Å². The number of carbonyl (C=O) groups is 2. The van der Waals surface area contributed by atoms with Crippen molar-refractivity contribution < 1.29 is 27.9 Å². The van der Waals surface area contributed by atoms with E-state index in [9.17, 15) is 18.0 Å². The molecule has 0 atom stereocenters. The Hall–Kier alpha value is -2.91. The third-order valence-electron chi connectivity index (χ3n) is 3.69. The third kappa shape index (κ3) is 6.58. The van der Waals surface area contributed by atoms with Crippen LogP contribution < -0.4 is 14.8 Å². The Labute approximate surface area is 169 Å². The van der Waals surface area contributed by atoms with Crippen molar-refractivity contribution in [2.24, 2.45) is 0 Å². The highest BCUT2D eigenvalue weighted by Gasteiger charge is 2.21. The second-order valence-corrected chi connectivity index (χ2v) is 9.18. The molecular formula is C20H24N2O6S. The number of hydrogen-bond acceptors (Lipinski definition) is 5. The van der Waals surface area contributed by atoms with Crippen LogP contribution in [0.4, 0.5) is 5.69 Å². The molecule has 8 nitrogen and oxygen atoms in total. The average molecular weight is 420 g/mol. The van der Waals surface area contributed by atoms with Gasteiger partial charge in [0.2, 0.25) is 10.0 Å². The molecule has 156 valence electrons. The number of rotatable bonds is 7. The number of anilines is 1. The molecule has 0 aliphatic carbocycles. The molecule has 2 rings (SSSR count). The summed E-state index contributed by atoms with van der Waals surface area (Å²) >= 11 is 0. The molecule has 0 radical (unpaired) electrons. The molecule has 0 saturated carbocycles. The lowest BCUT2D eigenvalue weighted by molar-refractivity contribution is -0.118. The van der Waals surface area contributed by atoms with E-state index in [2.05, 4.69) is 10.0 Å². The van der Waals surface area contributed by atoms with Crippen LogP contribution in [-0.2, 0) is 14.8 Å². The van der Waals surface area contributed by atoms with Crippen LogP contribution in [0.3, 0.4) is 0 Å². The minimum Gasteiger partial charge on any atom is -0.484 e. The monoisotopic (exact) mass is 420 g/mol. The molecular weight excluding hydrogens is 396 g/mol. The first-order chi connectivity index (χ1) is 13.4. The number of aromatic carboxylic acids is 1. The van der Waals surface area contributed by atoms with Gasteiger partial charge in [0.25, 0.3) is 5.91 Å². The van der Waals surface area contributed by atoms with E-state index in [1.165, 1.54) is 36.4 Å². The molecule has 0 aromatic heterocycles. The highest BCUT2D eigenvalue weighted by atomic mass is 32.2. The number of benzene rings is 2. The molecule has 2 aromatic rings. The fourth-order valence-electron chi connectivity index (χ4n) is 2.50. The number of carbonyl (C=O) groups excluding carboxylic acids is 1. The summed E-state index contributed by atoms with van der Waals surface area (Å²) in [5.74, 6) is -1.13. The number of carboxylic acids is 1. The summed E-state index contributed by atoms with van der Waals surface area (Å²) in [7, 11) is -3.65. The molecule has 2 aromatic carbocycles. The van der Waals surface area contributed by atoms with Gasteiger partial charge in [0.15, 0.2) is 6.61 Å². The Morgan fingerprint density at radius 3 is 2.21 bits per heavy atom. The molecule has 0 aliphatic heterocycles. The van der Waals surface area contributed by atoms with Crippen molar-refractivity contribution >= 4 is 27.6 Å². The quantitative estimate of drug-likeness (QED) is 0.633. The van der Waals surface area contributed by atoms with Crippen LogP contribution in [0, 0.1) is 6.92 Å². The summed E-state index contributed by atoms with van der Waals surface area (Å²) in [6, 6.07) is 10.2. The van der Waals surface area contributed by atoms with Crippen molar-refractivity contribution in [3.8, 4) is 5.75 Å². The molecule has 0 saturated heterocycles. The molecule has 0 heterocycles. The maximum Gasteiger partial charge on any atom is 0.335 e. The number of nitrogens with one attached hydrogen (secondary N) is 2. The van der Waals surface area contributed by atoms with Crippen LogP contribution in [0.25, 0.3) is 0 Å². The van der Waals surface area contributed by atoms with Crippen molar-refractivity contribution in [3.05, 3.63) is 53.6 Å². The van der Waals surface area contributed by atoms with E-state index in [0.29, 0.717) is 17.0 Å². The Bertz CT molecular complexity index is 1010. The molecule has 0 spiro atoms. The summed E-state index contributed by atoms with van der Waals surface area (Å²) < 4.78 is 32.5. The number of hydrogen-bond donors (Lipinski definition) is 3. The highest BCUT2D eigenvalue weighted by molar-refractivity contribution is 7.89. The van der Waals surface area contributed by atoms with Crippen LogP contribution in [0.5, 0.6) is 5.75 Å². The smallest absolute Gasteiger partial charge is 0.335 e. The molecule has 0 unspecified atom stereocenters. The standard InChI is InChI=1S/C20H24N2O6S/c1-13-11-14(5-10-17(13)19(24)25)21-18(23)12-28-15-6-8-16(9-7-15)29(26,27)22-20(2,3)4/h5-11,22H,12H2,1-4H3,(H,21,23)(H,24,25). The maximum absolute atomic E-state index is 12.3. The SMILES string of the molecule is Cc1cc(NC(=O)COc2ccc(S(=O)(=O)NC(C)(C)C)cc2)ccc1C(=O)O. The Morgan fingerprint density at radius 2 is 1.69 bits per heavy atom. The van der Waals surface area contributed by atoms with Crippen molar-refractivity contribution in [3.63, 3.8) is 0 Å². The van der Waals surface area contributed by atoms with Gasteiger partial charge in [-0.15, -0.1) is 0 Å². The van der Waals surface area contributed by atoms with E-state index in [1.807, 2.05) is 0 Å². The summed E-state index contributed by atoms with van der Waals surface area (Å²) in [6.45, 7) is 6.60. The normalized spacial score (nSPS) is 11.7. The zero-order chi connectivity index (χ0) is 21.8. The second-order valence-electron chi connectivity index (χ2n) is 7.50. The van der Waals surface area contributed by atoms with Crippen LogP contribution in [0.15, 0.2) is 47.4 Å². The lowest BCUT2D eigenvalue weighted by Crippen LogP contribution is -2.40. The maximum atomic E-state index is 12.3. The summed E-state index contributed by atoms with van der Waals surface area (Å²) in [4.78, 5) is 23.2. The zero-order valence-electron chi connectivity index (χ0n) is 16.6. The summed E-state index contributed by atoms with van der Waals surface area (Å²) in [6.07, 6.45) is 0. The first-order valence-corrected chi connectivity index (χ1v) is 10.3. The van der Waals surface area contributed by atoms with Gasteiger partial charge in [-0.05, 0) is 75.7 Å². The molecule has 29 heavy (non-hydrogen) atoms. The van der Waals surface area contributed by atoms with Gasteiger partial charge in [-0.1, -0.05) is 0 Å². The predicted octanol–water partition coefficient (Wildman–Crippen LogP) is 2.79. The number of aryl methyl sites for hydroxylation is 1. The number of carboxylic acid groups (broad SMARTS) is 1. The van der Waals surface area contributed by atoms with Gasteiger partial charge in [-0.2, -0.15) is 0 Å². The molecule has 1 amide bonds. The minimum atomic E-state index is -3.65. The van der Waals surface area contributed by atoms with Crippen molar-refractivity contribution in [1.82, 2.24) is 4.72 Å². The topological polar surface area (TPSA) is 122 Å². The Morgan fingerprint density at radius 1 is 1.07 bits per heavy atom. The van der Waals surface area contributed by atoms with Crippen molar-refractivity contribution in [1.29, 1.82) is 0 Å². The minimum absolute atomic E-state index is 0.0956. The fraction of sp³-hybridized carbons (Fsp3) is 0.300. The second kappa shape index (κ2) is 8.62. The number of ether oxygens (including phenoxy) is 1. The largest absolute Gasteiger partial charge is 0.484 e. The van der Waals surface area contributed by atoms with Gasteiger partial charge in [0.1, 0.15) is 5.75 Å². The van der Waals surface area contributed by atoms with Gasteiger partial charge in [0.05, 0.1) is 10.5 Å². The zero-order valence-corrected chi connectivity index (χ0v) is 17.5. The first-order valence-electron chi connectivity index (χ1n) is 8.78. The van der Waals surface area contributed by atoms with E-state index in [-0.39, 0.29) is 17.1 Å². The van der Waals surface area contributed by atoms with Crippen LogP contribution >= 0.6 is 0 Å². The van der Waals surface area contributed by atoms with Crippen molar-refractivity contribution in [2.75, 3.05) is 11.9 Å². The van der Waals surface area contributed by atoms with Crippen LogP contribution in [-0.4, -0.2) is 37.5 Å². The van der Waals surface area contributed by atoms with Crippen LogP contribution in [0.2, 0.25) is 0 Å². The van der Waals surface area contributed by atoms with Crippen LogP contribution in [0.1, 0.15) is 36.7 Å². The Kier molecular flexibility index (Phi) is 6.66. The third-order valence-corrected chi connectivity index (χ3v) is 5.46. The average Bonchev–Trinajstić information content (AvgIpc) is 2.58. The van der Waals surface area contributed by atoms with Gasteiger partial charge in [-0.25, -0.2) is 17.9 Å². The van der Waals surface area contributed by atoms with E-state index in [0.717, 1.165) is 0 Å². The van der Waals surface area contributed by atoms with Gasteiger partial charge < -0.3 is 15.2 Å². The molecule has 0 bridgehead atoms. The lowest BCUT2D eigenvalue weighted by atomic mass is 10.1. The molecule has 3 N–H and O–H groups in total. The number of sulfonamides is 1. The number of amides is 1. The molecule has 9 heteroatoms. The van der Waals surface area contributed by atoms with Gasteiger partial charge in [0, 0.05) is 11.2 Å². The molecule has 0 fully saturated rings. The lowest BCUT2D eigenvalue weighted by Gasteiger charge is -2.20. The van der Waals surface area contributed by atoms with E-state index in [1.54, 1.807) is 33.8 Å². The summed E-state index contributed by atoms with van der Waals surface area (Å²) in [5, 5.41) is 11.6. The predicted molar refractivity (Wildman–Crippen MR) is 109 cm³/mol. The van der Waals surface area contributed by atoms with Crippen molar-refractivity contribution in [2.45, 2.75) is 38.1 Å². The highest BCUT2D eigenvalue weighted by Crippen LogP contribution is 2.18. The van der Waals surface area contributed by atoms with Gasteiger partial charge >= 0.3 is 5.97 Å². The molecule has 0 aliphatic rings. The van der Waals surface area contributed by atoms with E-state index >= 15 is 0 Å². The summed E-state index contributed by atoms with van der Waals surface area (Å²) in [5.41, 5.74) is 0.538.